The average Bonchev–Trinajstić information content (AvgIpc) is 3.35. The zero-order valence-electron chi connectivity index (χ0n) is 19.8. The van der Waals surface area contributed by atoms with Gasteiger partial charge < -0.3 is 0 Å². The van der Waals surface area contributed by atoms with Gasteiger partial charge in [-0.15, -0.1) is 0 Å². The molecule has 0 bridgehead atoms. The van der Waals surface area contributed by atoms with E-state index >= 15 is 0 Å². The van der Waals surface area contributed by atoms with Gasteiger partial charge in [0.05, 0.1) is 17.1 Å². The molecule has 6 nitrogen and oxygen atoms in total. The Labute approximate surface area is 200 Å². The summed E-state index contributed by atoms with van der Waals surface area (Å²) in [6, 6.07) is 6.17. The van der Waals surface area contributed by atoms with Gasteiger partial charge in [-0.25, -0.2) is 0 Å². The molecule has 0 saturated heterocycles. The van der Waals surface area contributed by atoms with Crippen molar-refractivity contribution in [1.82, 2.24) is 29.3 Å². The molecule has 173 valence electrons. The molecule has 0 aliphatic heterocycles. The van der Waals surface area contributed by atoms with Crippen LogP contribution in [0.5, 0.6) is 0 Å². The van der Waals surface area contributed by atoms with Gasteiger partial charge in [0.25, 0.3) is 0 Å². The molecule has 0 atom stereocenters. The third-order valence-corrected chi connectivity index (χ3v) is 4.69. The summed E-state index contributed by atoms with van der Waals surface area (Å²) < 4.78 is 5.58. The summed E-state index contributed by atoms with van der Waals surface area (Å²) >= 11 is 0.00694. The van der Waals surface area contributed by atoms with Crippen molar-refractivity contribution in [3.05, 3.63) is 60.2 Å². The number of hydrogen-bond acceptors (Lipinski definition) is 3. The normalized spacial score (nSPS) is 12.5. The van der Waals surface area contributed by atoms with E-state index in [-0.39, 0.29) is 29.4 Å². The summed E-state index contributed by atoms with van der Waals surface area (Å²) in [5.74, 6) is 0. The Bertz CT molecular complexity index is 845. The van der Waals surface area contributed by atoms with Crippen LogP contribution in [0.4, 0.5) is 0 Å². The molecular weight excluding hydrogens is 474 g/mol. The maximum atomic E-state index is 4.84. The first kappa shape index (κ1) is 25.9. The first-order chi connectivity index (χ1) is 14.2. The van der Waals surface area contributed by atoms with Gasteiger partial charge in [-0.3, -0.25) is 14.0 Å². The van der Waals surface area contributed by atoms with Crippen LogP contribution in [-0.4, -0.2) is 29.3 Å². The minimum absolute atomic E-state index is 0.00694. The van der Waals surface area contributed by atoms with Crippen LogP contribution in [0.25, 0.3) is 0 Å². The van der Waals surface area contributed by atoms with Gasteiger partial charge in [0.2, 0.25) is 0 Å². The number of halogens is 2. The van der Waals surface area contributed by atoms with Gasteiger partial charge in [-0.1, -0.05) is 80.5 Å². The SMILES string of the molecule is CC(C)(C)c1ccn([C-](n2ccc(C(C)(C)C)n2)n2ccc(C(C)(C)C)n2)n1.[Cl][Mn][Cl]. The fourth-order valence-electron chi connectivity index (χ4n) is 2.82. The first-order valence-corrected chi connectivity index (χ1v) is 13.4. The second kappa shape index (κ2) is 9.62. The quantitative estimate of drug-likeness (QED) is 0.326. The molecule has 0 radical (unpaired) electrons. The fourth-order valence-corrected chi connectivity index (χ4v) is 2.82. The minimum atomic E-state index is -0.0300. The van der Waals surface area contributed by atoms with Gasteiger partial charge in [-0.2, -0.15) is 15.3 Å². The number of aromatic nitrogens is 6. The van der Waals surface area contributed by atoms with E-state index in [1.165, 1.54) is 0 Å². The molecule has 9 heteroatoms. The fraction of sp³-hybridized carbons (Fsp3) is 0.545. The van der Waals surface area contributed by atoms with E-state index in [9.17, 15) is 0 Å². The summed E-state index contributed by atoms with van der Waals surface area (Å²) in [5.41, 5.74) is 2.98. The van der Waals surface area contributed by atoms with Gasteiger partial charge in [0.1, 0.15) is 0 Å². The molecule has 0 unspecified atom stereocenters. The molecule has 0 aliphatic rings. The van der Waals surface area contributed by atoms with Gasteiger partial charge >= 0.3 is 33.3 Å². The molecule has 0 spiro atoms. The summed E-state index contributed by atoms with van der Waals surface area (Å²) in [6.45, 7) is 19.5. The Kier molecular flexibility index (Phi) is 8.02. The molecule has 3 aromatic heterocycles. The maximum absolute atomic E-state index is 4.84. The summed E-state index contributed by atoms with van der Waals surface area (Å²) in [4.78, 5) is 0. The topological polar surface area (TPSA) is 53.5 Å². The van der Waals surface area contributed by atoms with Crippen LogP contribution in [0.3, 0.4) is 0 Å². The Morgan fingerprint density at radius 2 is 0.839 bits per heavy atom. The zero-order valence-corrected chi connectivity index (χ0v) is 22.5. The van der Waals surface area contributed by atoms with Crippen molar-refractivity contribution in [3.8, 4) is 0 Å². The van der Waals surface area contributed by atoms with E-state index in [1.807, 2.05) is 32.6 Å². The molecule has 3 heterocycles. The van der Waals surface area contributed by atoms with Crippen LogP contribution in [-0.2, 0) is 29.4 Å². The van der Waals surface area contributed by atoms with Gasteiger partial charge in [0.15, 0.2) is 6.29 Å². The third kappa shape index (κ3) is 6.55. The van der Waals surface area contributed by atoms with Crippen LogP contribution < -0.4 is 0 Å². The van der Waals surface area contributed by atoms with E-state index in [0.717, 1.165) is 23.4 Å². The Morgan fingerprint density at radius 3 is 1.00 bits per heavy atom. The molecule has 0 N–H and O–H groups in total. The molecule has 0 saturated carbocycles. The van der Waals surface area contributed by atoms with E-state index < -0.39 is 0 Å². The van der Waals surface area contributed by atoms with Crippen LogP contribution >= 0.6 is 20.2 Å². The summed E-state index contributed by atoms with van der Waals surface area (Å²) in [5, 5.41) is 14.5. The van der Waals surface area contributed by atoms with Crippen LogP contribution in [0.1, 0.15) is 79.4 Å². The average molecular weight is 507 g/mol. The van der Waals surface area contributed by atoms with Crippen molar-refractivity contribution >= 4 is 20.2 Å². The summed E-state index contributed by atoms with van der Waals surface area (Å²) in [6.07, 6.45) is 6.70. The van der Waals surface area contributed by atoms with Crippen LogP contribution in [0, 0.1) is 6.29 Å². The molecule has 31 heavy (non-hydrogen) atoms. The molecule has 3 aromatic rings. The predicted octanol–water partition coefficient (Wildman–Crippen LogP) is 5.94. The van der Waals surface area contributed by atoms with E-state index in [2.05, 4.69) is 80.5 Å². The first-order valence-electron chi connectivity index (χ1n) is 10.1. The predicted molar refractivity (Wildman–Crippen MR) is 124 cm³/mol. The van der Waals surface area contributed by atoms with Gasteiger partial charge in [-0.05, 0) is 18.6 Å². The van der Waals surface area contributed by atoms with Crippen molar-refractivity contribution in [2.75, 3.05) is 0 Å². The van der Waals surface area contributed by atoms with Crippen molar-refractivity contribution in [2.45, 2.75) is 78.6 Å². The Morgan fingerprint density at radius 1 is 0.613 bits per heavy atom. The second-order valence-corrected chi connectivity index (χ2v) is 12.5. The zero-order chi connectivity index (χ0) is 23.6. The van der Waals surface area contributed by atoms with Gasteiger partial charge in [0, 0.05) is 16.2 Å². The number of rotatable bonds is 3. The molecule has 0 aromatic carbocycles. The molecular formula is C22H33Cl2MnN6-. The molecule has 0 aliphatic carbocycles. The Balaban J connectivity index is 0.00000107. The summed E-state index contributed by atoms with van der Waals surface area (Å²) in [7, 11) is 9.59. The number of nitrogens with zero attached hydrogens (tertiary/aromatic N) is 6. The van der Waals surface area contributed by atoms with E-state index in [1.54, 1.807) is 0 Å². The number of hydrogen-bond donors (Lipinski definition) is 0. The third-order valence-electron chi connectivity index (χ3n) is 4.69. The van der Waals surface area contributed by atoms with Crippen molar-refractivity contribution in [2.24, 2.45) is 0 Å². The molecule has 3 rings (SSSR count). The molecule has 0 amide bonds. The monoisotopic (exact) mass is 506 g/mol. The standard InChI is InChI=1S/C22H33N6.2ClH.Mn/c1-20(2,3)16-10-13-26(23-16)19(27-14-11-17(24-27)21(4,5)6)28-15-12-18(25-28)22(7,8)9;;;/h10-15H,1-9H3;2*1H;/q-1;;;+2/p-2. The second-order valence-electron chi connectivity index (χ2n) is 10.5. The van der Waals surface area contributed by atoms with Crippen LogP contribution in [0.2, 0.25) is 0 Å². The van der Waals surface area contributed by atoms with E-state index in [4.69, 9.17) is 35.5 Å². The van der Waals surface area contributed by atoms with Crippen LogP contribution in [0.15, 0.2) is 36.8 Å². The van der Waals surface area contributed by atoms with Crippen molar-refractivity contribution in [1.29, 1.82) is 0 Å². The van der Waals surface area contributed by atoms with Crippen molar-refractivity contribution < 1.29 is 13.1 Å². The Hall–Kier alpha value is -1.40. The van der Waals surface area contributed by atoms with E-state index in [0.29, 0.717) is 0 Å². The van der Waals surface area contributed by atoms with Crippen molar-refractivity contribution in [3.63, 3.8) is 0 Å². The molecule has 0 fully saturated rings.